The average Bonchev–Trinajstić information content (AvgIpc) is 3.10. The van der Waals surface area contributed by atoms with Crippen LogP contribution in [0.15, 0.2) is 39.9 Å². The van der Waals surface area contributed by atoms with Gasteiger partial charge in [0, 0.05) is 16.8 Å². The highest BCUT2D eigenvalue weighted by molar-refractivity contribution is 7.11. The van der Waals surface area contributed by atoms with Crippen molar-refractivity contribution in [2.75, 3.05) is 7.05 Å². The van der Waals surface area contributed by atoms with E-state index in [4.69, 9.17) is 4.42 Å². The Bertz CT molecular complexity index is 517. The molecule has 102 valence electrons. The summed E-state index contributed by atoms with van der Waals surface area (Å²) in [6, 6.07) is 8.16. The van der Waals surface area contributed by atoms with Crippen molar-refractivity contribution in [2.45, 2.75) is 26.4 Å². The number of hydrogen-bond donors (Lipinski definition) is 2. The number of nitrogens with one attached hydrogen (secondary N) is 2. The normalized spacial score (nSPS) is 11.6. The molecule has 0 aliphatic rings. The van der Waals surface area contributed by atoms with Crippen molar-refractivity contribution in [2.24, 2.45) is 4.99 Å². The van der Waals surface area contributed by atoms with Crippen molar-refractivity contribution in [3.63, 3.8) is 0 Å². The second-order valence-corrected chi connectivity index (χ2v) is 5.33. The zero-order chi connectivity index (χ0) is 13.5. The van der Waals surface area contributed by atoms with Gasteiger partial charge in [-0.1, -0.05) is 6.92 Å². The second kappa shape index (κ2) is 6.99. The van der Waals surface area contributed by atoms with E-state index in [0.717, 1.165) is 24.7 Å². The van der Waals surface area contributed by atoms with E-state index in [9.17, 15) is 0 Å². The van der Waals surface area contributed by atoms with Gasteiger partial charge in [0.05, 0.1) is 19.4 Å². The van der Waals surface area contributed by atoms with Crippen LogP contribution in [0.5, 0.6) is 0 Å². The molecule has 0 saturated carbocycles. The summed E-state index contributed by atoms with van der Waals surface area (Å²) in [7, 11) is 1.77. The standard InChI is InChI=1S/C14H19N3OS/c1-3-12-6-7-13(19-12)10-17-14(15-2)16-9-11-5-4-8-18-11/h4-8H,3,9-10H2,1-2H3,(H2,15,16,17). The van der Waals surface area contributed by atoms with Gasteiger partial charge in [-0.25, -0.2) is 0 Å². The minimum Gasteiger partial charge on any atom is -0.467 e. The Hall–Kier alpha value is -1.75. The smallest absolute Gasteiger partial charge is 0.191 e. The zero-order valence-corrected chi connectivity index (χ0v) is 12.1. The number of rotatable bonds is 5. The summed E-state index contributed by atoms with van der Waals surface area (Å²) in [6.07, 6.45) is 2.77. The fourth-order valence-electron chi connectivity index (χ4n) is 1.68. The summed E-state index contributed by atoms with van der Waals surface area (Å²) in [6.45, 7) is 3.60. The van der Waals surface area contributed by atoms with Gasteiger partial charge >= 0.3 is 0 Å². The molecule has 5 heteroatoms. The average molecular weight is 277 g/mol. The van der Waals surface area contributed by atoms with Gasteiger partial charge in [-0.05, 0) is 30.7 Å². The lowest BCUT2D eigenvalue weighted by atomic mass is 10.3. The summed E-state index contributed by atoms with van der Waals surface area (Å²) in [5.74, 6) is 1.68. The first-order valence-corrected chi connectivity index (χ1v) is 7.18. The summed E-state index contributed by atoms with van der Waals surface area (Å²) in [4.78, 5) is 6.92. The topological polar surface area (TPSA) is 49.6 Å². The molecule has 0 aromatic carbocycles. The molecule has 0 bridgehead atoms. The predicted molar refractivity (Wildman–Crippen MR) is 79.4 cm³/mol. The monoisotopic (exact) mass is 277 g/mol. The van der Waals surface area contributed by atoms with Gasteiger partial charge in [0.15, 0.2) is 5.96 Å². The molecule has 2 heterocycles. The zero-order valence-electron chi connectivity index (χ0n) is 11.3. The first-order chi connectivity index (χ1) is 9.31. The minimum atomic E-state index is 0.636. The van der Waals surface area contributed by atoms with Crippen molar-refractivity contribution >= 4 is 17.3 Å². The van der Waals surface area contributed by atoms with Crippen LogP contribution >= 0.6 is 11.3 Å². The van der Waals surface area contributed by atoms with E-state index < -0.39 is 0 Å². The maximum absolute atomic E-state index is 5.27. The van der Waals surface area contributed by atoms with E-state index in [1.807, 2.05) is 23.5 Å². The van der Waals surface area contributed by atoms with E-state index in [1.165, 1.54) is 9.75 Å². The molecule has 0 radical (unpaired) electrons. The second-order valence-electron chi connectivity index (χ2n) is 4.08. The van der Waals surface area contributed by atoms with Gasteiger partial charge in [0.2, 0.25) is 0 Å². The molecule has 0 atom stereocenters. The van der Waals surface area contributed by atoms with Crippen LogP contribution in [0, 0.1) is 0 Å². The summed E-state index contributed by atoms with van der Waals surface area (Å²) in [5.41, 5.74) is 0. The number of aryl methyl sites for hydroxylation is 1. The van der Waals surface area contributed by atoms with Crippen LogP contribution in [0.1, 0.15) is 22.4 Å². The van der Waals surface area contributed by atoms with Crippen LogP contribution in [-0.4, -0.2) is 13.0 Å². The van der Waals surface area contributed by atoms with Crippen LogP contribution in [0.25, 0.3) is 0 Å². The van der Waals surface area contributed by atoms with E-state index >= 15 is 0 Å². The van der Waals surface area contributed by atoms with Crippen molar-refractivity contribution in [1.29, 1.82) is 0 Å². The van der Waals surface area contributed by atoms with Crippen molar-refractivity contribution in [3.05, 3.63) is 46.0 Å². The van der Waals surface area contributed by atoms with Crippen LogP contribution < -0.4 is 10.6 Å². The van der Waals surface area contributed by atoms with E-state index in [0.29, 0.717) is 6.54 Å². The van der Waals surface area contributed by atoms with E-state index in [1.54, 1.807) is 13.3 Å². The van der Waals surface area contributed by atoms with Gasteiger partial charge < -0.3 is 15.1 Å². The van der Waals surface area contributed by atoms with Crippen molar-refractivity contribution < 1.29 is 4.42 Å². The highest BCUT2D eigenvalue weighted by atomic mass is 32.1. The van der Waals surface area contributed by atoms with Gasteiger partial charge in [-0.3, -0.25) is 4.99 Å². The molecule has 0 aliphatic carbocycles. The molecule has 2 rings (SSSR count). The number of hydrogen-bond acceptors (Lipinski definition) is 3. The van der Waals surface area contributed by atoms with Gasteiger partial charge in [0.1, 0.15) is 5.76 Å². The highest BCUT2D eigenvalue weighted by Crippen LogP contribution is 2.16. The Kier molecular flexibility index (Phi) is 5.03. The third kappa shape index (κ3) is 4.13. The maximum Gasteiger partial charge on any atom is 0.191 e. The molecule has 19 heavy (non-hydrogen) atoms. The fraction of sp³-hybridized carbons (Fsp3) is 0.357. The van der Waals surface area contributed by atoms with Crippen LogP contribution in [0.2, 0.25) is 0 Å². The summed E-state index contributed by atoms with van der Waals surface area (Å²) in [5, 5.41) is 6.51. The Morgan fingerprint density at radius 3 is 2.63 bits per heavy atom. The van der Waals surface area contributed by atoms with Gasteiger partial charge in [-0.15, -0.1) is 11.3 Å². The third-order valence-corrected chi connectivity index (χ3v) is 3.96. The molecule has 2 aromatic rings. The Labute approximate surface area is 117 Å². The highest BCUT2D eigenvalue weighted by Gasteiger charge is 2.02. The molecule has 2 aromatic heterocycles. The van der Waals surface area contributed by atoms with E-state index in [2.05, 4.69) is 34.7 Å². The molecule has 0 saturated heterocycles. The largest absolute Gasteiger partial charge is 0.467 e. The number of guanidine groups is 1. The quantitative estimate of drug-likeness (QED) is 0.652. The molecular formula is C14H19N3OS. The summed E-state index contributed by atoms with van der Waals surface area (Å²) < 4.78 is 5.27. The molecule has 2 N–H and O–H groups in total. The van der Waals surface area contributed by atoms with Gasteiger partial charge in [-0.2, -0.15) is 0 Å². The Balaban J connectivity index is 1.79. The van der Waals surface area contributed by atoms with Crippen LogP contribution in [-0.2, 0) is 19.5 Å². The first kappa shape index (κ1) is 13.7. The SMILES string of the molecule is CCc1ccc(CNC(=NC)NCc2ccco2)s1. The predicted octanol–water partition coefficient (Wildman–Crippen LogP) is 2.77. The van der Waals surface area contributed by atoms with Crippen molar-refractivity contribution in [3.8, 4) is 0 Å². The molecule has 0 amide bonds. The molecule has 4 nitrogen and oxygen atoms in total. The van der Waals surface area contributed by atoms with Crippen LogP contribution in [0.4, 0.5) is 0 Å². The lowest BCUT2D eigenvalue weighted by molar-refractivity contribution is 0.501. The number of furan rings is 1. The number of thiophene rings is 1. The lowest BCUT2D eigenvalue weighted by Gasteiger charge is -2.09. The molecule has 0 unspecified atom stereocenters. The third-order valence-electron chi connectivity index (χ3n) is 2.73. The summed E-state index contributed by atoms with van der Waals surface area (Å²) >= 11 is 1.84. The van der Waals surface area contributed by atoms with Crippen molar-refractivity contribution in [1.82, 2.24) is 10.6 Å². The Morgan fingerprint density at radius 1 is 1.21 bits per heavy atom. The number of nitrogens with zero attached hydrogens (tertiary/aromatic N) is 1. The molecule has 0 spiro atoms. The van der Waals surface area contributed by atoms with E-state index in [-0.39, 0.29) is 0 Å². The first-order valence-electron chi connectivity index (χ1n) is 6.36. The lowest BCUT2D eigenvalue weighted by Crippen LogP contribution is -2.36. The van der Waals surface area contributed by atoms with Gasteiger partial charge in [0.25, 0.3) is 0 Å². The van der Waals surface area contributed by atoms with Crippen LogP contribution in [0.3, 0.4) is 0 Å². The number of aliphatic imine (C=N–C) groups is 1. The molecule has 0 aliphatic heterocycles. The minimum absolute atomic E-state index is 0.636. The maximum atomic E-state index is 5.27. The molecular weight excluding hydrogens is 258 g/mol. The Morgan fingerprint density at radius 2 is 2.00 bits per heavy atom. The molecule has 0 fully saturated rings. The fourth-order valence-corrected chi connectivity index (χ4v) is 2.58.